The number of amidine groups is 1. The van der Waals surface area contributed by atoms with Gasteiger partial charge in [0.1, 0.15) is 5.84 Å². The number of fused-ring (bicyclic) bond motifs is 1. The molecule has 1 N–H and O–H groups in total. The van der Waals surface area contributed by atoms with E-state index in [1.807, 2.05) is 6.07 Å². The third-order valence-corrected chi connectivity index (χ3v) is 3.74. The predicted molar refractivity (Wildman–Crippen MR) is 72.3 cm³/mol. The molecule has 0 bridgehead atoms. The number of aryl methyl sites for hydroxylation is 2. The molecule has 0 amide bonds. The van der Waals surface area contributed by atoms with E-state index >= 15 is 0 Å². The molecule has 1 aliphatic heterocycles. The van der Waals surface area contributed by atoms with Gasteiger partial charge in [0.05, 0.1) is 13.0 Å². The van der Waals surface area contributed by atoms with Crippen LogP contribution >= 0.6 is 0 Å². The van der Waals surface area contributed by atoms with Crippen LogP contribution < -0.4 is 5.32 Å². The number of carbonyl (C=O) groups is 1. The highest BCUT2D eigenvalue weighted by molar-refractivity contribution is 6.09. The predicted octanol–water partition coefficient (Wildman–Crippen LogP) is 2.14. The maximum Gasteiger partial charge on any atom is 0.170 e. The summed E-state index contributed by atoms with van der Waals surface area (Å²) in [7, 11) is 0. The first-order valence-electron chi connectivity index (χ1n) is 6.75. The lowest BCUT2D eigenvalue weighted by Gasteiger charge is -2.16. The molecule has 0 aromatic heterocycles. The van der Waals surface area contributed by atoms with Crippen molar-refractivity contribution in [1.82, 2.24) is 5.32 Å². The molecule has 1 aromatic rings. The van der Waals surface area contributed by atoms with E-state index in [1.54, 1.807) is 0 Å². The van der Waals surface area contributed by atoms with Gasteiger partial charge in [-0.25, -0.2) is 0 Å². The first-order chi connectivity index (χ1) is 8.83. The van der Waals surface area contributed by atoms with E-state index in [0.29, 0.717) is 6.42 Å². The van der Waals surface area contributed by atoms with Crippen molar-refractivity contribution in [2.24, 2.45) is 4.99 Å². The fourth-order valence-electron chi connectivity index (χ4n) is 2.73. The molecule has 0 atom stereocenters. The Bertz CT molecular complexity index is 505. The Hall–Kier alpha value is -1.64. The van der Waals surface area contributed by atoms with Gasteiger partial charge in [0.25, 0.3) is 0 Å². The zero-order valence-electron chi connectivity index (χ0n) is 10.5. The highest BCUT2D eigenvalue weighted by Gasteiger charge is 2.15. The second-order valence-electron chi connectivity index (χ2n) is 5.05. The van der Waals surface area contributed by atoms with Gasteiger partial charge in [-0.3, -0.25) is 9.79 Å². The third kappa shape index (κ3) is 2.30. The maximum absolute atomic E-state index is 12.2. The van der Waals surface area contributed by atoms with Crippen molar-refractivity contribution in [3.8, 4) is 0 Å². The highest BCUT2D eigenvalue weighted by atomic mass is 16.1. The van der Waals surface area contributed by atoms with Crippen LogP contribution in [0.15, 0.2) is 23.2 Å². The lowest BCUT2D eigenvalue weighted by Crippen LogP contribution is -2.21. The zero-order valence-corrected chi connectivity index (χ0v) is 10.5. The van der Waals surface area contributed by atoms with Crippen molar-refractivity contribution in [2.75, 3.05) is 13.1 Å². The zero-order chi connectivity index (χ0) is 12.4. The number of hydrogen-bond acceptors (Lipinski definition) is 3. The molecule has 0 saturated carbocycles. The molecule has 18 heavy (non-hydrogen) atoms. The van der Waals surface area contributed by atoms with Crippen LogP contribution in [0.1, 0.15) is 40.7 Å². The van der Waals surface area contributed by atoms with Crippen LogP contribution in [-0.4, -0.2) is 24.7 Å². The van der Waals surface area contributed by atoms with E-state index in [1.165, 1.54) is 24.0 Å². The van der Waals surface area contributed by atoms with Crippen LogP contribution in [0.4, 0.5) is 0 Å². The van der Waals surface area contributed by atoms with E-state index in [-0.39, 0.29) is 5.78 Å². The van der Waals surface area contributed by atoms with Gasteiger partial charge in [-0.2, -0.15) is 0 Å². The van der Waals surface area contributed by atoms with E-state index in [9.17, 15) is 4.79 Å². The van der Waals surface area contributed by atoms with Crippen LogP contribution in [0, 0.1) is 0 Å². The molecule has 1 heterocycles. The Morgan fingerprint density at radius 1 is 1.22 bits per heavy atom. The van der Waals surface area contributed by atoms with Gasteiger partial charge < -0.3 is 5.32 Å². The van der Waals surface area contributed by atoms with Gasteiger partial charge in [0, 0.05) is 12.1 Å². The number of rotatable bonds is 3. The Morgan fingerprint density at radius 2 is 2.06 bits per heavy atom. The topological polar surface area (TPSA) is 41.5 Å². The molecule has 3 heteroatoms. The van der Waals surface area contributed by atoms with E-state index < -0.39 is 0 Å². The molecule has 0 saturated heterocycles. The van der Waals surface area contributed by atoms with Crippen molar-refractivity contribution in [3.05, 3.63) is 34.9 Å². The largest absolute Gasteiger partial charge is 0.372 e. The van der Waals surface area contributed by atoms with Gasteiger partial charge in [-0.15, -0.1) is 0 Å². The molecular weight excluding hydrogens is 224 g/mol. The first kappa shape index (κ1) is 11.5. The lowest BCUT2D eigenvalue weighted by molar-refractivity contribution is 0.1000. The fourth-order valence-corrected chi connectivity index (χ4v) is 2.73. The number of hydrogen-bond donors (Lipinski definition) is 1. The van der Waals surface area contributed by atoms with Gasteiger partial charge >= 0.3 is 0 Å². The molecule has 94 valence electrons. The summed E-state index contributed by atoms with van der Waals surface area (Å²) in [5.41, 5.74) is 3.63. The Kier molecular flexibility index (Phi) is 3.13. The summed E-state index contributed by atoms with van der Waals surface area (Å²) < 4.78 is 0. The average Bonchev–Trinajstić information content (AvgIpc) is 2.91. The number of carbonyl (C=O) groups excluding carboxylic acids is 1. The highest BCUT2D eigenvalue weighted by Crippen LogP contribution is 2.22. The van der Waals surface area contributed by atoms with Crippen molar-refractivity contribution in [1.29, 1.82) is 0 Å². The molecule has 0 radical (unpaired) electrons. The number of ketones is 1. The van der Waals surface area contributed by atoms with Gasteiger partial charge in [0.2, 0.25) is 0 Å². The van der Waals surface area contributed by atoms with Crippen molar-refractivity contribution in [2.45, 2.75) is 32.1 Å². The van der Waals surface area contributed by atoms with Gasteiger partial charge in [-0.1, -0.05) is 12.1 Å². The Labute approximate surface area is 107 Å². The Morgan fingerprint density at radius 3 is 2.83 bits per heavy atom. The summed E-state index contributed by atoms with van der Waals surface area (Å²) >= 11 is 0. The summed E-state index contributed by atoms with van der Waals surface area (Å²) in [6.07, 6.45) is 5.23. The number of nitrogens with zero attached hydrogens (tertiary/aromatic N) is 1. The molecule has 3 rings (SSSR count). The molecule has 1 aliphatic carbocycles. The standard InChI is InChI=1S/C15H18N2O/c18-14(10-15-16-7-8-17-15)13-6-5-11-3-1-2-4-12(11)9-13/h5-6,9H,1-4,7-8,10H2,(H,16,17). The second kappa shape index (κ2) is 4.92. The molecule has 0 unspecified atom stereocenters. The second-order valence-corrected chi connectivity index (χ2v) is 5.05. The first-order valence-corrected chi connectivity index (χ1v) is 6.75. The molecule has 0 fully saturated rings. The number of benzene rings is 1. The van der Waals surface area contributed by atoms with Crippen LogP contribution in [0.3, 0.4) is 0 Å². The lowest BCUT2D eigenvalue weighted by atomic mass is 9.89. The van der Waals surface area contributed by atoms with Crippen LogP contribution in [0.2, 0.25) is 0 Å². The summed E-state index contributed by atoms with van der Waals surface area (Å²) in [5.74, 6) is 1.02. The number of Topliss-reactive ketones (excluding diaryl/α,β-unsaturated/α-hetero) is 1. The summed E-state index contributed by atoms with van der Waals surface area (Å²) in [6.45, 7) is 1.67. The molecule has 1 aromatic carbocycles. The van der Waals surface area contributed by atoms with E-state index in [2.05, 4.69) is 22.4 Å². The SMILES string of the molecule is O=C(CC1=NCCN1)c1ccc2c(c1)CCCC2. The summed E-state index contributed by atoms with van der Waals surface area (Å²) in [5, 5.41) is 3.15. The normalized spacial score (nSPS) is 17.9. The molecule has 0 spiro atoms. The van der Waals surface area contributed by atoms with Crippen molar-refractivity contribution < 1.29 is 4.79 Å². The molecule has 2 aliphatic rings. The molecular formula is C15H18N2O. The van der Waals surface area contributed by atoms with Crippen LogP contribution in [0.5, 0.6) is 0 Å². The smallest absolute Gasteiger partial charge is 0.170 e. The van der Waals surface area contributed by atoms with Crippen LogP contribution in [0.25, 0.3) is 0 Å². The van der Waals surface area contributed by atoms with Gasteiger partial charge in [0.15, 0.2) is 5.78 Å². The molecule has 3 nitrogen and oxygen atoms in total. The fraction of sp³-hybridized carbons (Fsp3) is 0.467. The minimum Gasteiger partial charge on any atom is -0.372 e. The minimum atomic E-state index is 0.177. The van der Waals surface area contributed by atoms with Crippen LogP contribution in [-0.2, 0) is 12.8 Å². The number of nitrogens with one attached hydrogen (secondary N) is 1. The summed E-state index contributed by atoms with van der Waals surface area (Å²) in [6, 6.07) is 6.19. The monoisotopic (exact) mass is 242 g/mol. The van der Waals surface area contributed by atoms with Crippen molar-refractivity contribution in [3.63, 3.8) is 0 Å². The minimum absolute atomic E-state index is 0.177. The van der Waals surface area contributed by atoms with Gasteiger partial charge in [-0.05, 0) is 42.9 Å². The maximum atomic E-state index is 12.2. The van der Waals surface area contributed by atoms with E-state index in [4.69, 9.17) is 0 Å². The van der Waals surface area contributed by atoms with E-state index in [0.717, 1.165) is 37.3 Å². The van der Waals surface area contributed by atoms with Crippen molar-refractivity contribution >= 4 is 11.6 Å². The average molecular weight is 242 g/mol. The Balaban J connectivity index is 1.77. The quantitative estimate of drug-likeness (QED) is 0.825. The third-order valence-electron chi connectivity index (χ3n) is 3.74. The summed E-state index contributed by atoms with van der Waals surface area (Å²) in [4.78, 5) is 16.4. The number of aliphatic imine (C=N–C) groups is 1.